The highest BCUT2D eigenvalue weighted by atomic mass is 32.1. The molecule has 0 saturated heterocycles. The lowest BCUT2D eigenvalue weighted by Crippen LogP contribution is -2.05. The fraction of sp³-hybridized carbons (Fsp3) is 0. The number of hydrogen-bond donors (Lipinski definition) is 0. The monoisotopic (exact) mass is 511 g/mol. The van der Waals surface area contributed by atoms with Crippen molar-refractivity contribution in [2.75, 3.05) is 0 Å². The van der Waals surface area contributed by atoms with Gasteiger partial charge >= 0.3 is 0 Å². The van der Waals surface area contributed by atoms with E-state index in [2.05, 4.69) is 47.0 Å². The molecule has 5 aromatic carbocycles. The molecule has 37 heavy (non-hydrogen) atoms. The molecule has 0 aliphatic rings. The molecule has 5 heteroatoms. The number of nitrogens with zero attached hydrogens (tertiary/aromatic N) is 1. The first-order valence-electron chi connectivity index (χ1n) is 12.0. The Kier molecular flexibility index (Phi) is 4.27. The van der Waals surface area contributed by atoms with Gasteiger partial charge in [-0.15, -0.1) is 22.7 Å². The summed E-state index contributed by atoms with van der Waals surface area (Å²) in [5.74, 6) is 0. The lowest BCUT2D eigenvalue weighted by molar-refractivity contribution is 1.20. The second-order valence-corrected chi connectivity index (χ2v) is 11.4. The van der Waals surface area contributed by atoms with Gasteiger partial charge in [-0.3, -0.25) is 9.59 Å². The van der Waals surface area contributed by atoms with Crippen LogP contribution in [0, 0.1) is 0 Å². The molecule has 0 N–H and O–H groups in total. The Morgan fingerprint density at radius 3 is 1.70 bits per heavy atom. The van der Waals surface area contributed by atoms with Gasteiger partial charge in [-0.25, -0.2) is 0 Å². The van der Waals surface area contributed by atoms with Crippen molar-refractivity contribution >= 4 is 84.8 Å². The fourth-order valence-electron chi connectivity index (χ4n) is 5.51. The van der Waals surface area contributed by atoms with E-state index in [0.717, 1.165) is 40.9 Å². The third kappa shape index (κ3) is 2.87. The van der Waals surface area contributed by atoms with Gasteiger partial charge in [0.2, 0.25) is 0 Å². The second-order valence-electron chi connectivity index (χ2n) is 9.23. The third-order valence-corrected chi connectivity index (χ3v) is 9.52. The summed E-state index contributed by atoms with van der Waals surface area (Å²) in [6.07, 6.45) is 0. The SMILES string of the molecule is O=c1c2ccccc2sc2cc3c(=O)c4cccc(-n5c6ccccc6c6ccccc65)c4sc3cc12. The van der Waals surface area contributed by atoms with Crippen LogP contribution in [0.5, 0.6) is 0 Å². The summed E-state index contributed by atoms with van der Waals surface area (Å²) in [5.41, 5.74) is 3.19. The smallest absolute Gasteiger partial charge is 0.195 e. The molecule has 3 heterocycles. The van der Waals surface area contributed by atoms with Gasteiger partial charge < -0.3 is 4.57 Å². The Balaban J connectivity index is 1.53. The van der Waals surface area contributed by atoms with Crippen molar-refractivity contribution in [2.45, 2.75) is 0 Å². The summed E-state index contributed by atoms with van der Waals surface area (Å²) in [6, 6.07) is 34.2. The molecule has 0 spiro atoms. The number of rotatable bonds is 1. The third-order valence-electron chi connectivity index (χ3n) is 7.19. The minimum absolute atomic E-state index is 0.000995. The highest BCUT2D eigenvalue weighted by Gasteiger charge is 2.17. The average Bonchev–Trinajstić information content (AvgIpc) is 3.27. The number of benzene rings is 5. The minimum Gasteiger partial charge on any atom is -0.308 e. The maximum Gasteiger partial charge on any atom is 0.195 e. The van der Waals surface area contributed by atoms with Crippen LogP contribution in [0.25, 0.3) is 67.8 Å². The van der Waals surface area contributed by atoms with Gasteiger partial charge in [0.15, 0.2) is 10.9 Å². The summed E-state index contributed by atoms with van der Waals surface area (Å²) in [5, 5.41) is 5.11. The van der Waals surface area contributed by atoms with Crippen LogP contribution in [-0.4, -0.2) is 4.57 Å². The van der Waals surface area contributed by atoms with E-state index in [1.807, 2.05) is 60.7 Å². The van der Waals surface area contributed by atoms with Gasteiger partial charge in [0.05, 0.1) is 21.4 Å². The van der Waals surface area contributed by atoms with Crippen molar-refractivity contribution in [2.24, 2.45) is 0 Å². The Morgan fingerprint density at radius 1 is 0.459 bits per heavy atom. The van der Waals surface area contributed by atoms with Crippen LogP contribution in [-0.2, 0) is 0 Å². The van der Waals surface area contributed by atoms with Crippen molar-refractivity contribution in [3.05, 3.63) is 124 Å². The van der Waals surface area contributed by atoms with Gasteiger partial charge in [0, 0.05) is 46.4 Å². The van der Waals surface area contributed by atoms with Crippen LogP contribution >= 0.6 is 22.7 Å². The van der Waals surface area contributed by atoms with Crippen molar-refractivity contribution in [1.82, 2.24) is 4.57 Å². The normalized spacial score (nSPS) is 12.0. The molecule has 174 valence electrons. The number of hydrogen-bond acceptors (Lipinski definition) is 4. The maximum absolute atomic E-state index is 13.9. The van der Waals surface area contributed by atoms with Crippen molar-refractivity contribution < 1.29 is 0 Å². The first kappa shape index (κ1) is 20.8. The first-order valence-corrected chi connectivity index (χ1v) is 13.7. The van der Waals surface area contributed by atoms with Gasteiger partial charge in [-0.1, -0.05) is 54.6 Å². The molecule has 3 aromatic heterocycles. The van der Waals surface area contributed by atoms with Crippen LogP contribution in [0.1, 0.15) is 0 Å². The lowest BCUT2D eigenvalue weighted by Gasteiger charge is -2.12. The van der Waals surface area contributed by atoms with Gasteiger partial charge in [0.1, 0.15) is 0 Å². The molecule has 3 nitrogen and oxygen atoms in total. The van der Waals surface area contributed by atoms with E-state index < -0.39 is 0 Å². The van der Waals surface area contributed by atoms with Gasteiger partial charge in [-0.2, -0.15) is 0 Å². The second kappa shape index (κ2) is 7.59. The summed E-state index contributed by atoms with van der Waals surface area (Å²) in [6.45, 7) is 0. The molecule has 0 amide bonds. The van der Waals surface area contributed by atoms with E-state index in [4.69, 9.17) is 0 Å². The van der Waals surface area contributed by atoms with Crippen LogP contribution in [0.3, 0.4) is 0 Å². The molecule has 8 aromatic rings. The quantitative estimate of drug-likeness (QED) is 0.208. The van der Waals surface area contributed by atoms with E-state index in [-0.39, 0.29) is 10.9 Å². The summed E-state index contributed by atoms with van der Waals surface area (Å²) in [7, 11) is 0. The molecule has 0 saturated carbocycles. The largest absolute Gasteiger partial charge is 0.308 e. The van der Waals surface area contributed by atoms with Crippen LogP contribution in [0.15, 0.2) is 113 Å². The molecule has 0 aliphatic heterocycles. The predicted octanol–water partition coefficient (Wildman–Crippen LogP) is 8.24. The Bertz CT molecular complexity index is 2310. The van der Waals surface area contributed by atoms with E-state index >= 15 is 0 Å². The Morgan fingerprint density at radius 2 is 1.00 bits per heavy atom. The molecule has 0 atom stereocenters. The Labute approximate surface area is 218 Å². The summed E-state index contributed by atoms with van der Waals surface area (Å²) in [4.78, 5) is 27.2. The van der Waals surface area contributed by atoms with Gasteiger partial charge in [0.25, 0.3) is 0 Å². The molecular weight excluding hydrogens is 494 g/mol. The molecule has 0 fully saturated rings. The number of para-hydroxylation sites is 2. The molecule has 0 aliphatic carbocycles. The van der Waals surface area contributed by atoms with E-state index in [1.165, 1.54) is 10.8 Å². The average molecular weight is 512 g/mol. The van der Waals surface area contributed by atoms with Crippen molar-refractivity contribution in [1.29, 1.82) is 0 Å². The highest BCUT2D eigenvalue weighted by Crippen LogP contribution is 2.37. The molecule has 0 unspecified atom stereocenters. The predicted molar refractivity (Wildman–Crippen MR) is 159 cm³/mol. The fourth-order valence-corrected chi connectivity index (χ4v) is 7.80. The van der Waals surface area contributed by atoms with Crippen LogP contribution in [0.4, 0.5) is 0 Å². The zero-order chi connectivity index (χ0) is 24.7. The molecule has 8 rings (SSSR count). The zero-order valence-corrected chi connectivity index (χ0v) is 21.0. The van der Waals surface area contributed by atoms with E-state index in [0.29, 0.717) is 16.2 Å². The number of aromatic nitrogens is 1. The standard InChI is InChI=1S/C32H17NO2S2/c34-30-20-10-3-6-15-27(20)36-28-16-23-29(17-22(28)30)37-32-21(31(23)35)11-7-14-26(32)33-24-12-4-1-8-18(24)19-9-2-5-13-25(19)33/h1-17H. The van der Waals surface area contributed by atoms with E-state index in [9.17, 15) is 9.59 Å². The minimum atomic E-state index is 0.000995. The molecular formula is C32H17NO2S2. The van der Waals surface area contributed by atoms with E-state index in [1.54, 1.807) is 22.7 Å². The molecule has 0 radical (unpaired) electrons. The first-order chi connectivity index (χ1) is 18.2. The summed E-state index contributed by atoms with van der Waals surface area (Å²) < 4.78 is 5.79. The van der Waals surface area contributed by atoms with Gasteiger partial charge in [-0.05, 0) is 48.5 Å². The Hall–Kier alpha value is -4.32. The van der Waals surface area contributed by atoms with Crippen molar-refractivity contribution in [3.63, 3.8) is 0 Å². The number of fused-ring (bicyclic) bond motifs is 7. The maximum atomic E-state index is 13.9. The zero-order valence-electron chi connectivity index (χ0n) is 19.4. The lowest BCUT2D eigenvalue weighted by atomic mass is 10.1. The summed E-state index contributed by atoms with van der Waals surface area (Å²) >= 11 is 3.14. The molecule has 0 bridgehead atoms. The van der Waals surface area contributed by atoms with Crippen molar-refractivity contribution in [3.8, 4) is 5.69 Å². The highest BCUT2D eigenvalue weighted by molar-refractivity contribution is 7.26. The van der Waals surface area contributed by atoms with Crippen LogP contribution in [0.2, 0.25) is 0 Å². The van der Waals surface area contributed by atoms with Crippen LogP contribution < -0.4 is 10.9 Å². The topological polar surface area (TPSA) is 39.1 Å².